The highest BCUT2D eigenvalue weighted by molar-refractivity contribution is 5.47. The van der Waals surface area contributed by atoms with Crippen LogP contribution < -0.4 is 0 Å². The third-order valence-electron chi connectivity index (χ3n) is 3.25. The van der Waals surface area contributed by atoms with Gasteiger partial charge in [0.15, 0.2) is 0 Å². The Kier molecular flexibility index (Phi) is 4.46. The van der Waals surface area contributed by atoms with Gasteiger partial charge in [-0.1, -0.05) is 50.3 Å². The van der Waals surface area contributed by atoms with E-state index >= 15 is 0 Å². The van der Waals surface area contributed by atoms with Gasteiger partial charge in [-0.25, -0.2) is 0 Å². The normalized spacial score (nSPS) is 14.3. The van der Waals surface area contributed by atoms with E-state index in [2.05, 4.69) is 60.0 Å². The molecular formula is C16H22N2. The van der Waals surface area contributed by atoms with Gasteiger partial charge in [0, 0.05) is 25.5 Å². The summed E-state index contributed by atoms with van der Waals surface area (Å²) in [5.41, 5.74) is 2.53. The highest BCUT2D eigenvalue weighted by Crippen LogP contribution is 2.13. The summed E-state index contributed by atoms with van der Waals surface area (Å²) in [4.78, 5) is 4.72. The third kappa shape index (κ3) is 3.39. The average molecular weight is 242 g/mol. The summed E-state index contributed by atoms with van der Waals surface area (Å²) in [5.74, 6) is 0. The SMILES string of the molecule is C=Cc1ccc(CN2C=CN(CCCC)C2)cc1. The highest BCUT2D eigenvalue weighted by Gasteiger charge is 2.11. The largest absolute Gasteiger partial charge is 0.359 e. The van der Waals surface area contributed by atoms with Crippen LogP contribution in [0.3, 0.4) is 0 Å². The van der Waals surface area contributed by atoms with E-state index in [0.29, 0.717) is 0 Å². The van der Waals surface area contributed by atoms with E-state index in [0.717, 1.165) is 13.2 Å². The lowest BCUT2D eigenvalue weighted by Crippen LogP contribution is -2.25. The first-order valence-electron chi connectivity index (χ1n) is 6.69. The van der Waals surface area contributed by atoms with Gasteiger partial charge in [-0.15, -0.1) is 0 Å². The fourth-order valence-electron chi connectivity index (χ4n) is 2.12. The Balaban J connectivity index is 1.83. The number of hydrogen-bond acceptors (Lipinski definition) is 2. The first-order chi connectivity index (χ1) is 8.81. The Morgan fingerprint density at radius 1 is 1.17 bits per heavy atom. The molecule has 1 aliphatic heterocycles. The Hall–Kier alpha value is -1.70. The minimum atomic E-state index is 0.983. The number of unbranched alkanes of at least 4 members (excludes halogenated alkanes) is 1. The molecule has 0 unspecified atom stereocenters. The molecule has 1 aliphatic rings. The fourth-order valence-corrected chi connectivity index (χ4v) is 2.12. The molecule has 2 nitrogen and oxygen atoms in total. The van der Waals surface area contributed by atoms with E-state index in [1.807, 2.05) is 6.08 Å². The summed E-state index contributed by atoms with van der Waals surface area (Å²) >= 11 is 0. The highest BCUT2D eigenvalue weighted by atomic mass is 15.3. The average Bonchev–Trinajstić information content (AvgIpc) is 2.85. The number of nitrogens with zero attached hydrogens (tertiary/aromatic N) is 2. The Morgan fingerprint density at radius 3 is 2.56 bits per heavy atom. The number of hydrogen-bond donors (Lipinski definition) is 0. The van der Waals surface area contributed by atoms with Crippen LogP contribution in [0.1, 0.15) is 30.9 Å². The maximum atomic E-state index is 3.77. The van der Waals surface area contributed by atoms with Crippen LogP contribution in [0.2, 0.25) is 0 Å². The molecule has 1 aromatic carbocycles. The standard InChI is InChI=1S/C16H22N2/c1-3-5-10-17-11-12-18(14-17)13-16-8-6-15(4-2)7-9-16/h4,6-9,11-12H,2-3,5,10,13-14H2,1H3. The second-order valence-corrected chi connectivity index (χ2v) is 4.80. The van der Waals surface area contributed by atoms with Crippen molar-refractivity contribution in [3.63, 3.8) is 0 Å². The van der Waals surface area contributed by atoms with Crippen LogP contribution in [0, 0.1) is 0 Å². The third-order valence-corrected chi connectivity index (χ3v) is 3.25. The van der Waals surface area contributed by atoms with E-state index in [9.17, 15) is 0 Å². The molecule has 1 heterocycles. The van der Waals surface area contributed by atoms with Gasteiger partial charge in [-0.05, 0) is 17.5 Å². The van der Waals surface area contributed by atoms with Crippen LogP contribution >= 0.6 is 0 Å². The first kappa shape index (κ1) is 12.7. The molecule has 0 saturated carbocycles. The maximum Gasteiger partial charge on any atom is 0.0897 e. The van der Waals surface area contributed by atoms with Gasteiger partial charge in [-0.3, -0.25) is 0 Å². The van der Waals surface area contributed by atoms with Crippen LogP contribution in [0.4, 0.5) is 0 Å². The van der Waals surface area contributed by atoms with Crippen molar-refractivity contribution in [2.24, 2.45) is 0 Å². The van der Waals surface area contributed by atoms with Gasteiger partial charge in [0.05, 0.1) is 6.67 Å². The Labute approximate surface area is 110 Å². The molecule has 0 aromatic heterocycles. The van der Waals surface area contributed by atoms with Crippen LogP contribution in [0.5, 0.6) is 0 Å². The lowest BCUT2D eigenvalue weighted by atomic mass is 10.1. The van der Waals surface area contributed by atoms with E-state index in [-0.39, 0.29) is 0 Å². The van der Waals surface area contributed by atoms with E-state index in [1.54, 1.807) is 0 Å². The molecule has 18 heavy (non-hydrogen) atoms. The summed E-state index contributed by atoms with van der Waals surface area (Å²) in [7, 11) is 0. The van der Waals surface area contributed by atoms with Crippen molar-refractivity contribution < 1.29 is 0 Å². The van der Waals surface area contributed by atoms with Gasteiger partial charge >= 0.3 is 0 Å². The van der Waals surface area contributed by atoms with Gasteiger partial charge in [0.25, 0.3) is 0 Å². The zero-order chi connectivity index (χ0) is 12.8. The molecule has 0 radical (unpaired) electrons. The molecule has 1 aromatic rings. The summed E-state index contributed by atoms with van der Waals surface area (Å²) in [6, 6.07) is 8.60. The molecule has 2 rings (SSSR count). The van der Waals surface area contributed by atoms with E-state index in [1.165, 1.54) is 30.5 Å². The predicted octanol–water partition coefficient (Wildman–Crippen LogP) is 3.68. The molecule has 0 spiro atoms. The van der Waals surface area contributed by atoms with E-state index in [4.69, 9.17) is 0 Å². The summed E-state index contributed by atoms with van der Waals surface area (Å²) in [5, 5.41) is 0. The second-order valence-electron chi connectivity index (χ2n) is 4.80. The maximum absolute atomic E-state index is 3.77. The summed E-state index contributed by atoms with van der Waals surface area (Å²) in [6.45, 7) is 9.17. The molecule has 96 valence electrons. The molecule has 0 fully saturated rings. The molecule has 0 bridgehead atoms. The van der Waals surface area contributed by atoms with Crippen molar-refractivity contribution in [1.29, 1.82) is 0 Å². The van der Waals surface area contributed by atoms with Gasteiger partial charge in [0.1, 0.15) is 0 Å². The first-order valence-corrected chi connectivity index (χ1v) is 6.69. The number of rotatable bonds is 6. The molecule has 0 N–H and O–H groups in total. The zero-order valence-electron chi connectivity index (χ0n) is 11.2. The summed E-state index contributed by atoms with van der Waals surface area (Å²) in [6.07, 6.45) is 8.80. The number of benzene rings is 1. The van der Waals surface area contributed by atoms with Gasteiger partial charge in [-0.2, -0.15) is 0 Å². The van der Waals surface area contributed by atoms with Crippen LogP contribution in [0.25, 0.3) is 6.08 Å². The van der Waals surface area contributed by atoms with Crippen molar-refractivity contribution in [1.82, 2.24) is 9.80 Å². The van der Waals surface area contributed by atoms with Crippen molar-refractivity contribution in [2.75, 3.05) is 13.2 Å². The summed E-state index contributed by atoms with van der Waals surface area (Å²) < 4.78 is 0. The van der Waals surface area contributed by atoms with Gasteiger partial charge < -0.3 is 9.80 Å². The Morgan fingerprint density at radius 2 is 1.89 bits per heavy atom. The zero-order valence-corrected chi connectivity index (χ0v) is 11.2. The van der Waals surface area contributed by atoms with Crippen molar-refractivity contribution in [2.45, 2.75) is 26.3 Å². The molecule has 0 aliphatic carbocycles. The van der Waals surface area contributed by atoms with Crippen LogP contribution in [0.15, 0.2) is 43.2 Å². The quantitative estimate of drug-likeness (QED) is 0.751. The fraction of sp³-hybridized carbons (Fsp3) is 0.375. The molecule has 0 amide bonds. The van der Waals surface area contributed by atoms with E-state index < -0.39 is 0 Å². The minimum Gasteiger partial charge on any atom is -0.359 e. The minimum absolute atomic E-state index is 0.983. The Bertz CT molecular complexity index is 406. The monoisotopic (exact) mass is 242 g/mol. The van der Waals surface area contributed by atoms with Crippen molar-refractivity contribution in [3.8, 4) is 0 Å². The predicted molar refractivity (Wildman–Crippen MR) is 77.7 cm³/mol. The van der Waals surface area contributed by atoms with Crippen molar-refractivity contribution in [3.05, 3.63) is 54.4 Å². The molecule has 0 saturated heterocycles. The van der Waals surface area contributed by atoms with Crippen molar-refractivity contribution >= 4 is 6.08 Å². The topological polar surface area (TPSA) is 6.48 Å². The van der Waals surface area contributed by atoms with Crippen LogP contribution in [-0.4, -0.2) is 23.0 Å². The van der Waals surface area contributed by atoms with Crippen LogP contribution in [-0.2, 0) is 6.54 Å². The molecule has 2 heteroatoms. The molecule has 0 atom stereocenters. The lowest BCUT2D eigenvalue weighted by molar-refractivity contribution is 0.257. The lowest BCUT2D eigenvalue weighted by Gasteiger charge is -2.21. The second kappa shape index (κ2) is 6.29. The van der Waals surface area contributed by atoms with Gasteiger partial charge in [0.2, 0.25) is 0 Å². The smallest absolute Gasteiger partial charge is 0.0897 e. The molecular weight excluding hydrogens is 220 g/mol.